The molecular formula is C22H16FN5O3S. The summed E-state index contributed by atoms with van der Waals surface area (Å²) >= 11 is 1.30. The summed E-state index contributed by atoms with van der Waals surface area (Å²) in [5, 5.41) is 11.5. The Balaban J connectivity index is 1.54. The van der Waals surface area contributed by atoms with Crippen LogP contribution in [-0.4, -0.2) is 26.6 Å². The number of rotatable bonds is 5. The highest BCUT2D eigenvalue weighted by Crippen LogP contribution is 2.16. The molecule has 0 bridgehead atoms. The third kappa shape index (κ3) is 4.44. The number of halogens is 1. The van der Waals surface area contributed by atoms with Gasteiger partial charge < -0.3 is 5.32 Å². The maximum atomic E-state index is 14.2. The normalized spacial score (nSPS) is 10.6. The van der Waals surface area contributed by atoms with Crippen LogP contribution in [0.25, 0.3) is 5.69 Å². The zero-order valence-corrected chi connectivity index (χ0v) is 17.5. The van der Waals surface area contributed by atoms with Gasteiger partial charge in [0.1, 0.15) is 11.5 Å². The summed E-state index contributed by atoms with van der Waals surface area (Å²) in [6.07, 6.45) is 1.58. The van der Waals surface area contributed by atoms with Crippen LogP contribution < -0.4 is 16.1 Å². The molecule has 0 radical (unpaired) electrons. The SMILES string of the molecule is Cc1cc(=O)c(C(=O)Nc2ccc(C(=O)Nc3nccs3)cc2)nn1-c1ccccc1F. The lowest BCUT2D eigenvalue weighted by molar-refractivity contribution is 0.101. The number of nitrogens with one attached hydrogen (secondary N) is 2. The molecule has 0 atom stereocenters. The van der Waals surface area contributed by atoms with Crippen molar-refractivity contribution in [2.24, 2.45) is 0 Å². The van der Waals surface area contributed by atoms with Gasteiger partial charge in [-0.1, -0.05) is 12.1 Å². The smallest absolute Gasteiger partial charge is 0.280 e. The van der Waals surface area contributed by atoms with E-state index in [1.54, 1.807) is 24.6 Å². The summed E-state index contributed by atoms with van der Waals surface area (Å²) < 4.78 is 15.4. The Morgan fingerprint density at radius 3 is 2.47 bits per heavy atom. The number of amides is 2. The van der Waals surface area contributed by atoms with Crippen molar-refractivity contribution in [3.8, 4) is 5.69 Å². The lowest BCUT2D eigenvalue weighted by Crippen LogP contribution is -2.27. The molecule has 2 amide bonds. The summed E-state index contributed by atoms with van der Waals surface area (Å²) in [5.74, 6) is -1.63. The highest BCUT2D eigenvalue weighted by Gasteiger charge is 2.17. The van der Waals surface area contributed by atoms with Gasteiger partial charge in [0.25, 0.3) is 11.8 Å². The lowest BCUT2D eigenvalue weighted by Gasteiger charge is -2.12. The Hall–Kier alpha value is -4.18. The van der Waals surface area contributed by atoms with Crippen molar-refractivity contribution in [2.75, 3.05) is 10.6 Å². The molecule has 160 valence electrons. The van der Waals surface area contributed by atoms with E-state index >= 15 is 0 Å². The van der Waals surface area contributed by atoms with Crippen LogP contribution in [0.15, 0.2) is 71.0 Å². The molecule has 8 nitrogen and oxygen atoms in total. The van der Waals surface area contributed by atoms with Gasteiger partial charge in [0, 0.05) is 34.6 Å². The maximum absolute atomic E-state index is 14.2. The number of aromatic nitrogens is 3. The summed E-state index contributed by atoms with van der Waals surface area (Å²) in [6, 6.07) is 13.3. The van der Waals surface area contributed by atoms with Crippen LogP contribution in [0.4, 0.5) is 15.2 Å². The van der Waals surface area contributed by atoms with E-state index in [1.807, 2.05) is 0 Å². The number of anilines is 2. The highest BCUT2D eigenvalue weighted by molar-refractivity contribution is 7.13. The highest BCUT2D eigenvalue weighted by atomic mass is 32.1. The standard InChI is InChI=1S/C22H16FN5O3S/c1-13-12-18(29)19(27-28(13)17-5-3-2-4-16(17)23)21(31)25-15-8-6-14(7-9-15)20(30)26-22-24-10-11-32-22/h2-12H,1H3,(H,25,31)(H,24,26,30). The Morgan fingerprint density at radius 2 is 1.78 bits per heavy atom. The molecule has 0 aliphatic rings. The first-order valence-electron chi connectivity index (χ1n) is 9.40. The molecule has 2 aromatic carbocycles. The number of benzene rings is 2. The molecule has 0 saturated heterocycles. The predicted octanol–water partition coefficient (Wildman–Crippen LogP) is 3.64. The van der Waals surface area contributed by atoms with Gasteiger partial charge in [-0.05, 0) is 43.3 Å². The Morgan fingerprint density at radius 1 is 1.03 bits per heavy atom. The van der Waals surface area contributed by atoms with Gasteiger partial charge >= 0.3 is 0 Å². The predicted molar refractivity (Wildman–Crippen MR) is 119 cm³/mol. The zero-order chi connectivity index (χ0) is 22.7. The second-order valence-corrected chi connectivity index (χ2v) is 7.58. The van der Waals surface area contributed by atoms with Gasteiger partial charge in [-0.3, -0.25) is 19.7 Å². The van der Waals surface area contributed by atoms with Crippen LogP contribution in [-0.2, 0) is 0 Å². The van der Waals surface area contributed by atoms with Crippen molar-refractivity contribution in [2.45, 2.75) is 6.92 Å². The average molecular weight is 449 g/mol. The third-order valence-electron chi connectivity index (χ3n) is 4.46. The van der Waals surface area contributed by atoms with Crippen LogP contribution in [0.2, 0.25) is 0 Å². The van der Waals surface area contributed by atoms with Crippen molar-refractivity contribution >= 4 is 34.0 Å². The molecule has 2 aromatic heterocycles. The molecule has 4 rings (SSSR count). The van der Waals surface area contributed by atoms with Gasteiger partial charge in [-0.25, -0.2) is 14.1 Å². The fraction of sp³-hybridized carbons (Fsp3) is 0.0455. The van der Waals surface area contributed by atoms with Crippen LogP contribution in [0.1, 0.15) is 26.5 Å². The van der Waals surface area contributed by atoms with Crippen LogP contribution in [0.5, 0.6) is 0 Å². The number of hydrogen-bond donors (Lipinski definition) is 2. The van der Waals surface area contributed by atoms with Gasteiger partial charge in [-0.15, -0.1) is 11.3 Å². The van der Waals surface area contributed by atoms with Gasteiger partial charge in [0.2, 0.25) is 5.43 Å². The van der Waals surface area contributed by atoms with E-state index in [9.17, 15) is 18.8 Å². The van der Waals surface area contributed by atoms with E-state index in [-0.39, 0.29) is 17.3 Å². The fourth-order valence-corrected chi connectivity index (χ4v) is 3.45. The number of carbonyl (C=O) groups is 2. The summed E-state index contributed by atoms with van der Waals surface area (Å²) in [7, 11) is 0. The van der Waals surface area contributed by atoms with Crippen LogP contribution >= 0.6 is 11.3 Å². The zero-order valence-electron chi connectivity index (χ0n) is 16.7. The minimum absolute atomic E-state index is 0.120. The first kappa shape index (κ1) is 21.1. The number of para-hydroxylation sites is 1. The van der Waals surface area contributed by atoms with Crippen molar-refractivity contribution in [3.05, 3.63) is 99.2 Å². The molecule has 10 heteroatoms. The second kappa shape index (κ2) is 8.90. The summed E-state index contributed by atoms with van der Waals surface area (Å²) in [4.78, 5) is 41.2. The van der Waals surface area contributed by atoms with E-state index in [2.05, 4.69) is 20.7 Å². The van der Waals surface area contributed by atoms with Crippen LogP contribution in [0, 0.1) is 12.7 Å². The summed E-state index contributed by atoms with van der Waals surface area (Å²) in [5.41, 5.74) is 0.256. The topological polar surface area (TPSA) is 106 Å². The summed E-state index contributed by atoms with van der Waals surface area (Å²) in [6.45, 7) is 1.60. The van der Waals surface area contributed by atoms with Crippen molar-refractivity contribution in [1.29, 1.82) is 0 Å². The molecule has 32 heavy (non-hydrogen) atoms. The van der Waals surface area contributed by atoms with E-state index in [1.165, 1.54) is 64.5 Å². The van der Waals surface area contributed by atoms with Crippen molar-refractivity contribution in [3.63, 3.8) is 0 Å². The lowest BCUT2D eigenvalue weighted by atomic mass is 10.2. The van der Waals surface area contributed by atoms with Crippen LogP contribution in [0.3, 0.4) is 0 Å². The largest absolute Gasteiger partial charge is 0.320 e. The van der Waals surface area contributed by atoms with E-state index in [0.29, 0.717) is 22.1 Å². The molecule has 4 aromatic rings. The molecule has 0 spiro atoms. The molecule has 2 N–H and O–H groups in total. The molecule has 0 aliphatic heterocycles. The third-order valence-corrected chi connectivity index (χ3v) is 5.15. The average Bonchev–Trinajstić information content (AvgIpc) is 3.28. The van der Waals surface area contributed by atoms with E-state index in [4.69, 9.17) is 0 Å². The minimum Gasteiger partial charge on any atom is -0.320 e. The Kier molecular flexibility index (Phi) is 5.86. The van der Waals surface area contributed by atoms with Gasteiger partial charge in [0.15, 0.2) is 10.8 Å². The molecule has 2 heterocycles. The number of nitrogens with zero attached hydrogens (tertiary/aromatic N) is 3. The molecule has 0 unspecified atom stereocenters. The van der Waals surface area contributed by atoms with Gasteiger partial charge in [0.05, 0.1) is 0 Å². The number of carbonyl (C=O) groups excluding carboxylic acids is 2. The number of hydrogen-bond acceptors (Lipinski definition) is 6. The number of thiazole rings is 1. The fourth-order valence-electron chi connectivity index (χ4n) is 2.92. The second-order valence-electron chi connectivity index (χ2n) is 6.68. The monoisotopic (exact) mass is 449 g/mol. The molecular weight excluding hydrogens is 433 g/mol. The van der Waals surface area contributed by atoms with Gasteiger partial charge in [-0.2, -0.15) is 5.10 Å². The maximum Gasteiger partial charge on any atom is 0.280 e. The van der Waals surface area contributed by atoms with E-state index in [0.717, 1.165) is 0 Å². The molecule has 0 saturated carbocycles. The van der Waals surface area contributed by atoms with E-state index < -0.39 is 17.2 Å². The minimum atomic E-state index is -0.750. The molecule has 0 aliphatic carbocycles. The first-order valence-corrected chi connectivity index (χ1v) is 10.3. The van der Waals surface area contributed by atoms with Crippen molar-refractivity contribution in [1.82, 2.24) is 14.8 Å². The first-order chi connectivity index (χ1) is 15.4. The van der Waals surface area contributed by atoms with Crippen molar-refractivity contribution < 1.29 is 14.0 Å². The molecule has 0 fully saturated rings. The quantitative estimate of drug-likeness (QED) is 0.484. The number of aryl methyl sites for hydroxylation is 1. The Labute approximate surface area is 185 Å². The Bertz CT molecular complexity index is 1350.